The summed E-state index contributed by atoms with van der Waals surface area (Å²) in [4.78, 5) is 12.2. The lowest BCUT2D eigenvalue weighted by Crippen LogP contribution is -2.40. The van der Waals surface area contributed by atoms with Crippen molar-refractivity contribution in [2.75, 3.05) is 13.1 Å². The van der Waals surface area contributed by atoms with Crippen molar-refractivity contribution in [2.24, 2.45) is 0 Å². The summed E-state index contributed by atoms with van der Waals surface area (Å²) in [6, 6.07) is 11.5. The van der Waals surface area contributed by atoms with Crippen LogP contribution in [0.1, 0.15) is 25.3 Å². The van der Waals surface area contributed by atoms with Gasteiger partial charge in [-0.15, -0.1) is 0 Å². The van der Waals surface area contributed by atoms with Gasteiger partial charge in [-0.25, -0.2) is 12.8 Å². The van der Waals surface area contributed by atoms with Gasteiger partial charge in [-0.1, -0.05) is 43.1 Å². The fourth-order valence-electron chi connectivity index (χ4n) is 2.42. The fraction of sp³-hybridized carbons (Fsp3) is 0.316. The molecular weight excluding hydrogens is 391 g/mol. The van der Waals surface area contributed by atoms with Gasteiger partial charge in [0.1, 0.15) is 5.82 Å². The van der Waals surface area contributed by atoms with Crippen LogP contribution in [0.5, 0.6) is 0 Å². The molecule has 1 N–H and O–H groups in total. The zero-order chi connectivity index (χ0) is 19.9. The Balaban J connectivity index is 2.29. The molecule has 0 aromatic heterocycles. The molecule has 0 bridgehead atoms. The van der Waals surface area contributed by atoms with E-state index in [4.69, 9.17) is 11.6 Å². The number of nitrogens with zero attached hydrogens (tertiary/aromatic N) is 1. The molecule has 0 radical (unpaired) electrons. The van der Waals surface area contributed by atoms with E-state index in [0.717, 1.165) is 17.1 Å². The predicted molar refractivity (Wildman–Crippen MR) is 103 cm³/mol. The molecule has 1 amide bonds. The molecule has 146 valence electrons. The smallest absolute Gasteiger partial charge is 0.243 e. The number of benzene rings is 2. The molecule has 0 aliphatic carbocycles. The van der Waals surface area contributed by atoms with E-state index in [1.165, 1.54) is 42.5 Å². The SMILES string of the molecule is CCCCNC(=O)CN(Cc1ccccc1F)S(=O)(=O)c1ccc(Cl)cc1. The van der Waals surface area contributed by atoms with E-state index in [1.807, 2.05) is 6.92 Å². The van der Waals surface area contributed by atoms with Crippen LogP contribution in [-0.2, 0) is 21.4 Å². The monoisotopic (exact) mass is 412 g/mol. The Morgan fingerprint density at radius 3 is 2.44 bits per heavy atom. The van der Waals surface area contributed by atoms with Crippen molar-refractivity contribution in [1.29, 1.82) is 0 Å². The van der Waals surface area contributed by atoms with E-state index in [0.29, 0.717) is 11.6 Å². The van der Waals surface area contributed by atoms with Crippen molar-refractivity contribution in [1.82, 2.24) is 9.62 Å². The zero-order valence-electron chi connectivity index (χ0n) is 15.0. The number of sulfonamides is 1. The molecule has 0 unspecified atom stereocenters. The molecule has 0 aliphatic rings. The molecule has 0 saturated carbocycles. The third-order valence-corrected chi connectivity index (χ3v) is 5.99. The maximum atomic E-state index is 14.0. The van der Waals surface area contributed by atoms with Crippen LogP contribution in [0.4, 0.5) is 4.39 Å². The van der Waals surface area contributed by atoms with Crippen LogP contribution in [0.25, 0.3) is 0 Å². The van der Waals surface area contributed by atoms with Crippen LogP contribution in [0.3, 0.4) is 0 Å². The summed E-state index contributed by atoms with van der Waals surface area (Å²) in [6.07, 6.45) is 1.70. The molecule has 0 saturated heterocycles. The van der Waals surface area contributed by atoms with Crippen LogP contribution < -0.4 is 5.32 Å². The summed E-state index contributed by atoms with van der Waals surface area (Å²) in [5.41, 5.74) is 0.191. The number of carbonyl (C=O) groups is 1. The Bertz CT molecular complexity index is 873. The Morgan fingerprint density at radius 1 is 1.15 bits per heavy atom. The average molecular weight is 413 g/mol. The molecule has 2 rings (SSSR count). The third-order valence-electron chi connectivity index (χ3n) is 3.93. The molecule has 0 atom stereocenters. The van der Waals surface area contributed by atoms with E-state index >= 15 is 0 Å². The lowest BCUT2D eigenvalue weighted by molar-refractivity contribution is -0.121. The van der Waals surface area contributed by atoms with Crippen LogP contribution >= 0.6 is 11.6 Å². The van der Waals surface area contributed by atoms with Gasteiger partial charge in [0.15, 0.2) is 0 Å². The van der Waals surface area contributed by atoms with E-state index in [1.54, 1.807) is 6.07 Å². The summed E-state index contributed by atoms with van der Waals surface area (Å²) in [7, 11) is -4.01. The number of amides is 1. The fourth-order valence-corrected chi connectivity index (χ4v) is 3.92. The maximum absolute atomic E-state index is 14.0. The zero-order valence-corrected chi connectivity index (χ0v) is 16.6. The molecule has 8 heteroatoms. The third kappa shape index (κ3) is 6.02. The first kappa shape index (κ1) is 21.3. The molecule has 0 aliphatic heterocycles. The Kier molecular flexibility index (Phi) is 7.77. The highest BCUT2D eigenvalue weighted by Crippen LogP contribution is 2.21. The van der Waals surface area contributed by atoms with Crippen LogP contribution in [-0.4, -0.2) is 31.7 Å². The number of halogens is 2. The number of rotatable bonds is 9. The van der Waals surface area contributed by atoms with Crippen molar-refractivity contribution in [3.05, 3.63) is 64.9 Å². The predicted octanol–water partition coefficient (Wildman–Crippen LogP) is 3.59. The van der Waals surface area contributed by atoms with Crippen LogP contribution in [0, 0.1) is 5.82 Å². The van der Waals surface area contributed by atoms with E-state index in [-0.39, 0.29) is 17.0 Å². The number of hydrogen-bond acceptors (Lipinski definition) is 3. The molecule has 0 fully saturated rings. The second-order valence-corrected chi connectivity index (χ2v) is 8.40. The lowest BCUT2D eigenvalue weighted by atomic mass is 10.2. The first-order valence-corrected chi connectivity index (χ1v) is 10.4. The van der Waals surface area contributed by atoms with Gasteiger partial charge in [-0.05, 0) is 36.8 Å². The molecule has 2 aromatic rings. The van der Waals surface area contributed by atoms with Gasteiger partial charge < -0.3 is 5.32 Å². The molecule has 0 heterocycles. The Labute approximate surface area is 164 Å². The second kappa shape index (κ2) is 9.82. The summed E-state index contributed by atoms with van der Waals surface area (Å²) >= 11 is 5.83. The van der Waals surface area contributed by atoms with E-state index in [2.05, 4.69) is 5.32 Å². The van der Waals surface area contributed by atoms with Gasteiger partial charge >= 0.3 is 0 Å². The summed E-state index contributed by atoms with van der Waals surface area (Å²) in [5.74, 6) is -0.961. The highest BCUT2D eigenvalue weighted by molar-refractivity contribution is 7.89. The van der Waals surface area contributed by atoms with E-state index in [9.17, 15) is 17.6 Å². The van der Waals surface area contributed by atoms with Crippen LogP contribution in [0.2, 0.25) is 5.02 Å². The first-order valence-electron chi connectivity index (χ1n) is 8.60. The average Bonchev–Trinajstić information content (AvgIpc) is 2.63. The van der Waals surface area contributed by atoms with Gasteiger partial charge in [0.25, 0.3) is 0 Å². The van der Waals surface area contributed by atoms with Gasteiger partial charge in [0.05, 0.1) is 11.4 Å². The Hall–Kier alpha value is -1.96. The van der Waals surface area contributed by atoms with Crippen molar-refractivity contribution >= 4 is 27.5 Å². The number of unbranched alkanes of at least 4 members (excludes halogenated alkanes) is 1. The highest BCUT2D eigenvalue weighted by atomic mass is 35.5. The number of hydrogen-bond donors (Lipinski definition) is 1. The van der Waals surface area contributed by atoms with Crippen molar-refractivity contribution < 1.29 is 17.6 Å². The minimum absolute atomic E-state index is 0.00963. The van der Waals surface area contributed by atoms with Crippen molar-refractivity contribution in [3.8, 4) is 0 Å². The first-order chi connectivity index (χ1) is 12.8. The summed E-state index contributed by atoms with van der Waals surface area (Å²) < 4.78 is 41.0. The van der Waals surface area contributed by atoms with Gasteiger partial charge in [-0.2, -0.15) is 4.31 Å². The normalized spacial score (nSPS) is 11.6. The largest absolute Gasteiger partial charge is 0.355 e. The van der Waals surface area contributed by atoms with Gasteiger partial charge in [0, 0.05) is 23.7 Å². The summed E-state index contributed by atoms with van der Waals surface area (Å²) in [6.45, 7) is 1.80. The molecular formula is C19H22ClFN2O3S. The van der Waals surface area contributed by atoms with Crippen molar-refractivity contribution in [2.45, 2.75) is 31.2 Å². The number of nitrogens with one attached hydrogen (secondary N) is 1. The lowest BCUT2D eigenvalue weighted by Gasteiger charge is -2.22. The maximum Gasteiger partial charge on any atom is 0.243 e. The molecule has 27 heavy (non-hydrogen) atoms. The summed E-state index contributed by atoms with van der Waals surface area (Å²) in [5, 5.41) is 3.08. The highest BCUT2D eigenvalue weighted by Gasteiger charge is 2.27. The van der Waals surface area contributed by atoms with Gasteiger partial charge in [0.2, 0.25) is 15.9 Å². The quantitative estimate of drug-likeness (QED) is 0.640. The minimum Gasteiger partial charge on any atom is -0.355 e. The molecule has 5 nitrogen and oxygen atoms in total. The molecule has 0 spiro atoms. The second-order valence-electron chi connectivity index (χ2n) is 6.02. The topological polar surface area (TPSA) is 66.5 Å². The van der Waals surface area contributed by atoms with Crippen LogP contribution in [0.15, 0.2) is 53.4 Å². The molecule has 2 aromatic carbocycles. The minimum atomic E-state index is -4.01. The number of carbonyl (C=O) groups excluding carboxylic acids is 1. The Morgan fingerprint density at radius 2 is 1.81 bits per heavy atom. The van der Waals surface area contributed by atoms with Crippen molar-refractivity contribution in [3.63, 3.8) is 0 Å². The van der Waals surface area contributed by atoms with E-state index < -0.39 is 28.3 Å². The standard InChI is InChI=1S/C19H22ClFN2O3S/c1-2-3-12-22-19(24)14-23(13-15-6-4-5-7-18(15)21)27(25,26)17-10-8-16(20)9-11-17/h4-11H,2-3,12-14H2,1H3,(H,22,24). The van der Waals surface area contributed by atoms with Gasteiger partial charge in [-0.3, -0.25) is 4.79 Å².